The Morgan fingerprint density at radius 1 is 1.57 bits per heavy atom. The summed E-state index contributed by atoms with van der Waals surface area (Å²) in [7, 11) is 1.95. The number of nitrogens with one attached hydrogen (secondary N) is 1. The summed E-state index contributed by atoms with van der Waals surface area (Å²) >= 11 is 0. The third-order valence-electron chi connectivity index (χ3n) is 3.12. The first kappa shape index (κ1) is 9.38. The second kappa shape index (κ2) is 3.52. The van der Waals surface area contributed by atoms with Gasteiger partial charge in [0.15, 0.2) is 0 Å². The number of hydrogen-bond acceptors (Lipinski definition) is 2. The molecule has 0 fully saturated rings. The van der Waals surface area contributed by atoms with Crippen LogP contribution in [0.5, 0.6) is 0 Å². The van der Waals surface area contributed by atoms with Crippen LogP contribution in [0.4, 0.5) is 0 Å². The summed E-state index contributed by atoms with van der Waals surface area (Å²) < 4.78 is 5.58. The van der Waals surface area contributed by atoms with E-state index in [1.807, 2.05) is 13.3 Å². The molecular weight excluding hydrogens is 174 g/mol. The van der Waals surface area contributed by atoms with E-state index in [0.29, 0.717) is 6.10 Å². The van der Waals surface area contributed by atoms with E-state index in [4.69, 9.17) is 4.74 Å². The molecule has 2 heteroatoms. The first-order chi connectivity index (χ1) is 6.74. The molecule has 0 amide bonds. The van der Waals surface area contributed by atoms with Gasteiger partial charge in [-0.3, -0.25) is 0 Å². The van der Waals surface area contributed by atoms with Gasteiger partial charge in [0, 0.05) is 24.6 Å². The van der Waals surface area contributed by atoms with E-state index in [2.05, 4.69) is 36.5 Å². The van der Waals surface area contributed by atoms with E-state index in [1.54, 1.807) is 0 Å². The molecule has 0 aromatic heterocycles. The van der Waals surface area contributed by atoms with Gasteiger partial charge in [-0.25, -0.2) is 0 Å². The highest BCUT2D eigenvalue weighted by atomic mass is 16.5. The summed E-state index contributed by atoms with van der Waals surface area (Å²) in [5.41, 5.74) is 1.36. The summed E-state index contributed by atoms with van der Waals surface area (Å²) in [4.78, 5) is 0. The van der Waals surface area contributed by atoms with E-state index in [-0.39, 0.29) is 5.41 Å². The highest BCUT2D eigenvalue weighted by Crippen LogP contribution is 2.37. The van der Waals surface area contributed by atoms with Crippen LogP contribution in [0.1, 0.15) is 19.8 Å². The molecule has 0 saturated carbocycles. The molecular formula is C12H17NO. The smallest absolute Gasteiger partial charge is 0.110 e. The fourth-order valence-electron chi connectivity index (χ4n) is 1.98. The predicted octanol–water partition coefficient (Wildman–Crippen LogP) is 2.36. The van der Waals surface area contributed by atoms with E-state index >= 15 is 0 Å². The molecule has 2 rings (SSSR count). The largest absolute Gasteiger partial charge is 0.497 e. The fraction of sp³-hybridized carbons (Fsp3) is 0.500. The van der Waals surface area contributed by atoms with Crippen molar-refractivity contribution in [3.63, 3.8) is 0 Å². The lowest BCUT2D eigenvalue weighted by molar-refractivity contribution is 0.0734. The molecule has 1 N–H and O–H groups in total. The van der Waals surface area contributed by atoms with E-state index < -0.39 is 0 Å². The quantitative estimate of drug-likeness (QED) is 0.723. The minimum Gasteiger partial charge on any atom is -0.497 e. The van der Waals surface area contributed by atoms with Gasteiger partial charge in [-0.1, -0.05) is 19.1 Å². The Morgan fingerprint density at radius 3 is 2.93 bits per heavy atom. The Balaban J connectivity index is 2.06. The molecule has 0 bridgehead atoms. The third-order valence-corrected chi connectivity index (χ3v) is 3.12. The lowest BCUT2D eigenvalue weighted by Gasteiger charge is -2.33. The van der Waals surface area contributed by atoms with Gasteiger partial charge in [0.05, 0.1) is 6.26 Å². The average Bonchev–Trinajstić information content (AvgIpc) is 2.72. The fourth-order valence-corrected chi connectivity index (χ4v) is 1.98. The van der Waals surface area contributed by atoms with Crippen LogP contribution in [-0.2, 0) is 4.74 Å². The third kappa shape index (κ3) is 1.57. The Kier molecular flexibility index (Phi) is 2.36. The van der Waals surface area contributed by atoms with Crippen LogP contribution in [-0.4, -0.2) is 13.2 Å². The van der Waals surface area contributed by atoms with Crippen LogP contribution in [0.25, 0.3) is 0 Å². The molecule has 2 aliphatic rings. The summed E-state index contributed by atoms with van der Waals surface area (Å²) in [5.74, 6) is 0. The topological polar surface area (TPSA) is 21.3 Å². The number of allylic oxidation sites excluding steroid dienone is 2. The number of hydrogen-bond donors (Lipinski definition) is 1. The van der Waals surface area contributed by atoms with E-state index in [1.165, 1.54) is 5.70 Å². The lowest BCUT2D eigenvalue weighted by atomic mass is 9.77. The molecule has 0 aromatic rings. The van der Waals surface area contributed by atoms with Crippen LogP contribution in [0.15, 0.2) is 36.3 Å². The molecule has 0 aromatic carbocycles. The van der Waals surface area contributed by atoms with Crippen molar-refractivity contribution in [2.75, 3.05) is 7.05 Å². The molecule has 14 heavy (non-hydrogen) atoms. The van der Waals surface area contributed by atoms with Crippen molar-refractivity contribution in [3.05, 3.63) is 36.3 Å². The first-order valence-corrected chi connectivity index (χ1v) is 5.12. The lowest BCUT2D eigenvalue weighted by Crippen LogP contribution is -2.31. The maximum absolute atomic E-state index is 5.58. The SMILES string of the molecule is CNC1=CCC(C)(C2CC=CO2)C=C1. The van der Waals surface area contributed by atoms with Crippen molar-refractivity contribution in [1.29, 1.82) is 0 Å². The average molecular weight is 191 g/mol. The molecule has 0 radical (unpaired) electrons. The standard InChI is InChI=1S/C12H17NO/c1-12(11-4-3-9-14-11)7-5-10(13-2)6-8-12/h3,5-7,9,11,13H,4,8H2,1-2H3. The zero-order valence-corrected chi connectivity index (χ0v) is 8.79. The summed E-state index contributed by atoms with van der Waals surface area (Å²) in [6, 6.07) is 0. The minimum absolute atomic E-state index is 0.157. The zero-order chi connectivity index (χ0) is 10.0. The van der Waals surface area contributed by atoms with Gasteiger partial charge >= 0.3 is 0 Å². The van der Waals surface area contributed by atoms with Crippen molar-refractivity contribution in [2.45, 2.75) is 25.9 Å². The molecule has 1 aliphatic carbocycles. The van der Waals surface area contributed by atoms with Gasteiger partial charge in [-0.15, -0.1) is 0 Å². The molecule has 1 heterocycles. The van der Waals surface area contributed by atoms with Crippen molar-refractivity contribution in [3.8, 4) is 0 Å². The van der Waals surface area contributed by atoms with Crippen LogP contribution in [0.3, 0.4) is 0 Å². The molecule has 1 aliphatic heterocycles. The number of likely N-dealkylation sites (N-methyl/N-ethyl adjacent to an activating group) is 1. The Bertz CT molecular complexity index is 295. The number of ether oxygens (including phenoxy) is 1. The zero-order valence-electron chi connectivity index (χ0n) is 8.79. The summed E-state index contributed by atoms with van der Waals surface area (Å²) in [6.07, 6.45) is 13.0. The van der Waals surface area contributed by atoms with Crippen molar-refractivity contribution < 1.29 is 4.74 Å². The molecule has 2 nitrogen and oxygen atoms in total. The van der Waals surface area contributed by atoms with Gasteiger partial charge in [-0.2, -0.15) is 0 Å². The first-order valence-electron chi connectivity index (χ1n) is 5.12. The second-order valence-corrected chi connectivity index (χ2v) is 4.18. The highest BCUT2D eigenvalue weighted by Gasteiger charge is 2.34. The number of rotatable bonds is 2. The monoisotopic (exact) mass is 191 g/mol. The van der Waals surface area contributed by atoms with Gasteiger partial charge in [0.1, 0.15) is 6.10 Å². The normalized spacial score (nSPS) is 35.3. The van der Waals surface area contributed by atoms with Crippen molar-refractivity contribution in [1.82, 2.24) is 5.32 Å². The second-order valence-electron chi connectivity index (χ2n) is 4.18. The Labute approximate surface area is 85.3 Å². The molecule has 0 spiro atoms. The predicted molar refractivity (Wildman–Crippen MR) is 57.6 cm³/mol. The van der Waals surface area contributed by atoms with Crippen LogP contribution in [0.2, 0.25) is 0 Å². The van der Waals surface area contributed by atoms with Gasteiger partial charge in [0.25, 0.3) is 0 Å². The molecule has 2 atom stereocenters. The van der Waals surface area contributed by atoms with Crippen LogP contribution >= 0.6 is 0 Å². The van der Waals surface area contributed by atoms with E-state index in [9.17, 15) is 0 Å². The minimum atomic E-state index is 0.157. The van der Waals surface area contributed by atoms with Gasteiger partial charge in [-0.05, 0) is 18.6 Å². The van der Waals surface area contributed by atoms with Crippen molar-refractivity contribution >= 4 is 0 Å². The van der Waals surface area contributed by atoms with Crippen molar-refractivity contribution in [2.24, 2.45) is 5.41 Å². The van der Waals surface area contributed by atoms with Crippen LogP contribution < -0.4 is 5.32 Å². The summed E-state index contributed by atoms with van der Waals surface area (Å²) in [5, 5.41) is 3.15. The van der Waals surface area contributed by atoms with Gasteiger partial charge < -0.3 is 10.1 Å². The van der Waals surface area contributed by atoms with Crippen LogP contribution in [0, 0.1) is 5.41 Å². The highest BCUT2D eigenvalue weighted by molar-refractivity contribution is 5.26. The molecule has 76 valence electrons. The Morgan fingerprint density at radius 2 is 2.43 bits per heavy atom. The Hall–Kier alpha value is -1.18. The molecule has 2 unspecified atom stereocenters. The summed E-state index contributed by atoms with van der Waals surface area (Å²) in [6.45, 7) is 2.25. The maximum atomic E-state index is 5.58. The maximum Gasteiger partial charge on any atom is 0.110 e. The van der Waals surface area contributed by atoms with E-state index in [0.717, 1.165) is 12.8 Å². The van der Waals surface area contributed by atoms with Gasteiger partial charge in [0.2, 0.25) is 0 Å². The molecule has 0 saturated heterocycles.